The van der Waals surface area contributed by atoms with Crippen LogP contribution in [-0.2, 0) is 4.79 Å². The van der Waals surface area contributed by atoms with E-state index >= 15 is 0 Å². The van der Waals surface area contributed by atoms with Crippen LogP contribution in [0.5, 0.6) is 0 Å². The van der Waals surface area contributed by atoms with Gasteiger partial charge in [-0.15, -0.1) is 0 Å². The summed E-state index contributed by atoms with van der Waals surface area (Å²) in [4.78, 5) is 10.7. The van der Waals surface area contributed by atoms with E-state index in [0.29, 0.717) is 11.4 Å². The van der Waals surface area contributed by atoms with Gasteiger partial charge in [0.15, 0.2) is 0 Å². The zero-order valence-corrected chi connectivity index (χ0v) is 9.02. The summed E-state index contributed by atoms with van der Waals surface area (Å²) < 4.78 is 0.980. The third-order valence-electron chi connectivity index (χ3n) is 2.06. The minimum Gasteiger partial charge on any atom is -0.349 e. The average Bonchev–Trinajstić information content (AvgIpc) is 2.04. The molecule has 2 nitrogen and oxygen atoms in total. The van der Waals surface area contributed by atoms with Gasteiger partial charge in [-0.05, 0) is 23.8 Å². The summed E-state index contributed by atoms with van der Waals surface area (Å²) in [6.45, 7) is 0. The molecule has 1 aromatic carbocycles. The molecule has 0 spiro atoms. The molecule has 0 aliphatic carbocycles. The van der Waals surface area contributed by atoms with Crippen LogP contribution in [0, 0.1) is 0 Å². The van der Waals surface area contributed by atoms with Crippen LogP contribution in [0.2, 0.25) is 5.02 Å². The topological polar surface area (TPSA) is 29.1 Å². The van der Waals surface area contributed by atoms with Gasteiger partial charge < -0.3 is 5.32 Å². The molecule has 2 rings (SSSR count). The fraction of sp³-hybridized carbons (Fsp3) is 0.222. The van der Waals surface area contributed by atoms with Gasteiger partial charge in [0.1, 0.15) is 0 Å². The molecule has 1 atom stereocenters. The monoisotopic (exact) mass is 259 g/mol. The first kappa shape index (κ1) is 9.03. The molecule has 0 bridgehead atoms. The summed E-state index contributed by atoms with van der Waals surface area (Å²) in [6.07, 6.45) is 0.538. The number of carbonyl (C=O) groups is 1. The molecule has 1 heterocycles. The van der Waals surface area contributed by atoms with Gasteiger partial charge in [0.05, 0.1) is 12.5 Å². The first-order valence-corrected chi connectivity index (χ1v) is 5.08. The summed E-state index contributed by atoms with van der Waals surface area (Å²) in [5.74, 6) is 0.0843. The molecular formula is C9H7BrClNO. The lowest BCUT2D eigenvalue weighted by Gasteiger charge is -2.28. The van der Waals surface area contributed by atoms with E-state index in [9.17, 15) is 4.79 Å². The number of hydrogen-bond acceptors (Lipinski definition) is 1. The molecule has 13 heavy (non-hydrogen) atoms. The largest absolute Gasteiger partial charge is 0.349 e. The Morgan fingerprint density at radius 3 is 2.85 bits per heavy atom. The Labute approximate surface area is 89.4 Å². The highest BCUT2D eigenvalue weighted by Gasteiger charge is 2.28. The van der Waals surface area contributed by atoms with Gasteiger partial charge in [0.25, 0.3) is 0 Å². The second-order valence-corrected chi connectivity index (χ2v) is 4.31. The highest BCUT2D eigenvalue weighted by atomic mass is 79.9. The van der Waals surface area contributed by atoms with Gasteiger partial charge in [-0.3, -0.25) is 4.79 Å². The Kier molecular flexibility index (Phi) is 2.30. The van der Waals surface area contributed by atoms with Crippen molar-refractivity contribution in [3.05, 3.63) is 33.3 Å². The lowest BCUT2D eigenvalue weighted by atomic mass is 9.97. The number of β-lactam (4-membered cyclic amide) rings is 1. The van der Waals surface area contributed by atoms with E-state index in [1.54, 1.807) is 0 Å². The van der Waals surface area contributed by atoms with Crippen LogP contribution in [-0.4, -0.2) is 5.91 Å². The SMILES string of the molecule is O=C1CC(c2cc(Br)ccc2Cl)N1. The van der Waals surface area contributed by atoms with Crippen molar-refractivity contribution < 1.29 is 4.79 Å². The maximum Gasteiger partial charge on any atom is 0.222 e. The number of hydrogen-bond donors (Lipinski definition) is 1. The zero-order valence-electron chi connectivity index (χ0n) is 6.68. The summed E-state index contributed by atoms with van der Waals surface area (Å²) in [5.41, 5.74) is 0.982. The molecule has 0 aromatic heterocycles. The Morgan fingerprint density at radius 2 is 2.23 bits per heavy atom. The summed E-state index contributed by atoms with van der Waals surface area (Å²) in [6, 6.07) is 5.74. The van der Waals surface area contributed by atoms with Gasteiger partial charge >= 0.3 is 0 Å². The molecule has 1 N–H and O–H groups in total. The fourth-order valence-electron chi connectivity index (χ4n) is 1.33. The third-order valence-corrected chi connectivity index (χ3v) is 2.90. The highest BCUT2D eigenvalue weighted by molar-refractivity contribution is 9.10. The van der Waals surface area contributed by atoms with Crippen molar-refractivity contribution in [3.63, 3.8) is 0 Å². The Bertz CT molecular complexity index is 359. The lowest BCUT2D eigenvalue weighted by Crippen LogP contribution is -2.41. The Morgan fingerprint density at radius 1 is 1.54 bits per heavy atom. The third kappa shape index (κ3) is 1.71. The van der Waals surface area contributed by atoms with E-state index < -0.39 is 0 Å². The predicted molar refractivity (Wildman–Crippen MR) is 54.7 cm³/mol. The summed E-state index contributed by atoms with van der Waals surface area (Å²) >= 11 is 9.34. The molecule has 68 valence electrons. The molecule has 0 saturated carbocycles. The average molecular weight is 261 g/mol. The van der Waals surface area contributed by atoms with Crippen molar-refractivity contribution >= 4 is 33.4 Å². The summed E-state index contributed by atoms with van der Waals surface area (Å²) in [7, 11) is 0. The van der Waals surface area contributed by atoms with Crippen LogP contribution in [0.4, 0.5) is 0 Å². The lowest BCUT2D eigenvalue weighted by molar-refractivity contribution is -0.128. The smallest absolute Gasteiger partial charge is 0.222 e. The van der Waals surface area contributed by atoms with Crippen molar-refractivity contribution in [2.75, 3.05) is 0 Å². The maximum absolute atomic E-state index is 10.7. The van der Waals surface area contributed by atoms with Crippen molar-refractivity contribution in [3.8, 4) is 0 Å². The number of carbonyl (C=O) groups excluding carboxylic acids is 1. The minimum absolute atomic E-state index is 0.0843. The van der Waals surface area contributed by atoms with Crippen LogP contribution in [0.3, 0.4) is 0 Å². The van der Waals surface area contributed by atoms with Crippen LogP contribution in [0.15, 0.2) is 22.7 Å². The van der Waals surface area contributed by atoms with Crippen LogP contribution < -0.4 is 5.32 Å². The van der Waals surface area contributed by atoms with E-state index in [1.807, 2.05) is 18.2 Å². The van der Waals surface area contributed by atoms with E-state index in [0.717, 1.165) is 10.0 Å². The van der Waals surface area contributed by atoms with E-state index in [1.165, 1.54) is 0 Å². The van der Waals surface area contributed by atoms with Gasteiger partial charge in [-0.2, -0.15) is 0 Å². The molecule has 1 aliphatic rings. The predicted octanol–water partition coefficient (Wildman–Crippen LogP) is 2.66. The molecule has 1 unspecified atom stereocenters. The van der Waals surface area contributed by atoms with Crippen LogP contribution >= 0.6 is 27.5 Å². The highest BCUT2D eigenvalue weighted by Crippen LogP contribution is 2.31. The molecule has 1 amide bonds. The minimum atomic E-state index is 0.0843. The molecule has 4 heteroatoms. The normalized spacial score (nSPS) is 20.8. The number of rotatable bonds is 1. The van der Waals surface area contributed by atoms with Crippen LogP contribution in [0.25, 0.3) is 0 Å². The van der Waals surface area contributed by atoms with Crippen molar-refractivity contribution in [1.29, 1.82) is 0 Å². The molecule has 0 radical (unpaired) electrons. The standard InChI is InChI=1S/C9H7BrClNO/c10-5-1-2-7(11)6(3-5)8-4-9(13)12-8/h1-3,8H,4H2,(H,12,13). The zero-order chi connectivity index (χ0) is 9.42. The van der Waals surface area contributed by atoms with Gasteiger partial charge in [-0.25, -0.2) is 0 Å². The molecule has 1 aliphatic heterocycles. The Hall–Kier alpha value is -0.540. The fourth-order valence-corrected chi connectivity index (χ4v) is 1.96. The molecule has 1 saturated heterocycles. The summed E-state index contributed by atoms with van der Waals surface area (Å²) in [5, 5.41) is 3.48. The maximum atomic E-state index is 10.7. The first-order valence-electron chi connectivity index (χ1n) is 3.91. The number of nitrogens with one attached hydrogen (secondary N) is 1. The van der Waals surface area contributed by atoms with Crippen LogP contribution in [0.1, 0.15) is 18.0 Å². The second kappa shape index (κ2) is 3.31. The molecule has 1 fully saturated rings. The van der Waals surface area contributed by atoms with Crippen molar-refractivity contribution in [1.82, 2.24) is 5.32 Å². The number of amides is 1. The van der Waals surface area contributed by atoms with Gasteiger partial charge in [-0.1, -0.05) is 27.5 Å². The van der Waals surface area contributed by atoms with E-state index in [2.05, 4.69) is 21.2 Å². The van der Waals surface area contributed by atoms with Gasteiger partial charge in [0.2, 0.25) is 5.91 Å². The van der Waals surface area contributed by atoms with Crippen molar-refractivity contribution in [2.45, 2.75) is 12.5 Å². The molecular weight excluding hydrogens is 253 g/mol. The number of halogens is 2. The van der Waals surface area contributed by atoms with E-state index in [4.69, 9.17) is 11.6 Å². The Balaban J connectivity index is 2.29. The number of benzene rings is 1. The quantitative estimate of drug-likeness (QED) is 0.773. The first-order chi connectivity index (χ1) is 6.16. The van der Waals surface area contributed by atoms with E-state index in [-0.39, 0.29) is 11.9 Å². The van der Waals surface area contributed by atoms with Gasteiger partial charge in [0, 0.05) is 9.50 Å². The van der Waals surface area contributed by atoms with Crippen molar-refractivity contribution in [2.24, 2.45) is 0 Å². The molecule has 1 aromatic rings. The second-order valence-electron chi connectivity index (χ2n) is 2.99.